The van der Waals surface area contributed by atoms with Crippen LogP contribution in [0.15, 0.2) is 17.1 Å². The Morgan fingerprint density at radius 1 is 1.24 bits per heavy atom. The van der Waals surface area contributed by atoms with Crippen LogP contribution in [0, 0.1) is 11.8 Å². The lowest BCUT2D eigenvalue weighted by atomic mass is 10.1. The average molecular weight is 454 g/mol. The highest BCUT2D eigenvalue weighted by molar-refractivity contribution is 5.97. The van der Waals surface area contributed by atoms with Crippen molar-refractivity contribution in [2.24, 2.45) is 11.8 Å². The fraction of sp³-hybridized carbons (Fsp3) is 0.583. The summed E-state index contributed by atoms with van der Waals surface area (Å²) in [6.45, 7) is 5.13. The molecule has 5 rings (SSSR count). The van der Waals surface area contributed by atoms with E-state index in [1.165, 1.54) is 25.1 Å². The molecule has 9 nitrogen and oxygen atoms in total. The van der Waals surface area contributed by atoms with Crippen LogP contribution >= 0.6 is 0 Å². The van der Waals surface area contributed by atoms with Crippen molar-refractivity contribution in [3.05, 3.63) is 33.8 Å². The smallest absolute Gasteiger partial charge is 0.291 e. The summed E-state index contributed by atoms with van der Waals surface area (Å²) in [4.78, 5) is 40.6. The topological polar surface area (TPSA) is 109 Å². The molecule has 3 fully saturated rings. The van der Waals surface area contributed by atoms with Gasteiger partial charge < -0.3 is 15.3 Å². The van der Waals surface area contributed by atoms with Gasteiger partial charge >= 0.3 is 0 Å². The van der Waals surface area contributed by atoms with E-state index < -0.39 is 11.5 Å². The van der Waals surface area contributed by atoms with Crippen LogP contribution < -0.4 is 10.9 Å². The molecular weight excluding hydrogens is 422 g/mol. The van der Waals surface area contributed by atoms with E-state index in [-0.39, 0.29) is 29.3 Å². The molecule has 2 saturated carbocycles. The molecule has 0 spiro atoms. The normalized spacial score (nSPS) is 20.9. The molecule has 33 heavy (non-hydrogen) atoms. The van der Waals surface area contributed by atoms with E-state index >= 15 is 0 Å². The number of nitrogens with one attached hydrogen (secondary N) is 1. The Bertz CT molecular complexity index is 1190. The molecule has 2 aromatic rings. The van der Waals surface area contributed by atoms with E-state index in [0.29, 0.717) is 29.7 Å². The molecular formula is C24H31N5O4. The number of likely N-dealkylation sites (tertiary alicyclic amines) is 1. The van der Waals surface area contributed by atoms with Gasteiger partial charge in [-0.05, 0) is 56.4 Å². The third-order valence-corrected chi connectivity index (χ3v) is 6.75. The van der Waals surface area contributed by atoms with E-state index in [1.54, 1.807) is 10.6 Å². The molecule has 1 atom stereocenters. The van der Waals surface area contributed by atoms with Gasteiger partial charge in [-0.15, -0.1) is 0 Å². The predicted molar refractivity (Wildman–Crippen MR) is 123 cm³/mol. The third-order valence-electron chi connectivity index (χ3n) is 6.75. The van der Waals surface area contributed by atoms with Gasteiger partial charge in [-0.3, -0.25) is 19.0 Å². The summed E-state index contributed by atoms with van der Waals surface area (Å²) in [5.41, 5.74) is -0.0415. The van der Waals surface area contributed by atoms with Gasteiger partial charge in [0.25, 0.3) is 11.5 Å². The zero-order valence-corrected chi connectivity index (χ0v) is 19.2. The largest absolute Gasteiger partial charge is 0.494 e. The Kier molecular flexibility index (Phi) is 5.50. The van der Waals surface area contributed by atoms with Crippen molar-refractivity contribution in [2.45, 2.75) is 71.0 Å². The quantitative estimate of drug-likeness (QED) is 0.625. The van der Waals surface area contributed by atoms with E-state index in [9.17, 15) is 19.5 Å². The van der Waals surface area contributed by atoms with Crippen molar-refractivity contribution in [3.8, 4) is 5.88 Å². The maximum absolute atomic E-state index is 13.1. The number of hydrogen-bond donors (Lipinski definition) is 2. The van der Waals surface area contributed by atoms with Gasteiger partial charge in [0.05, 0.1) is 6.20 Å². The first-order valence-corrected chi connectivity index (χ1v) is 12.0. The second-order valence-electron chi connectivity index (χ2n) is 10.0. The first kappa shape index (κ1) is 21.7. The number of carbonyl (C=O) groups is 2. The molecule has 1 saturated heterocycles. The number of rotatable bonds is 7. The van der Waals surface area contributed by atoms with Crippen LogP contribution in [0.1, 0.15) is 68.3 Å². The minimum absolute atomic E-state index is 0.0360. The summed E-state index contributed by atoms with van der Waals surface area (Å²) < 4.78 is 2.70. The van der Waals surface area contributed by atoms with Crippen LogP contribution in [0.2, 0.25) is 0 Å². The zero-order chi connectivity index (χ0) is 23.3. The summed E-state index contributed by atoms with van der Waals surface area (Å²) in [7, 11) is 0. The van der Waals surface area contributed by atoms with Crippen molar-refractivity contribution in [1.82, 2.24) is 24.4 Å². The minimum Gasteiger partial charge on any atom is -0.494 e. The van der Waals surface area contributed by atoms with Gasteiger partial charge in [0.1, 0.15) is 5.65 Å². The average Bonchev–Trinajstić information content (AvgIpc) is 3.69. The molecule has 3 heterocycles. The van der Waals surface area contributed by atoms with Crippen molar-refractivity contribution in [3.63, 3.8) is 0 Å². The highest BCUT2D eigenvalue weighted by Gasteiger charge is 2.39. The molecule has 9 heteroatoms. The molecule has 2 N–H and O–H groups in total. The van der Waals surface area contributed by atoms with E-state index in [4.69, 9.17) is 0 Å². The Morgan fingerprint density at radius 2 is 2.00 bits per heavy atom. The Balaban J connectivity index is 1.51. The monoisotopic (exact) mass is 453 g/mol. The van der Waals surface area contributed by atoms with Crippen LogP contribution in [0.3, 0.4) is 0 Å². The summed E-state index contributed by atoms with van der Waals surface area (Å²) in [5, 5.41) is 18.0. The number of aromatic nitrogens is 3. The molecule has 3 aliphatic rings. The van der Waals surface area contributed by atoms with E-state index in [1.807, 2.05) is 18.7 Å². The highest BCUT2D eigenvalue weighted by atomic mass is 16.3. The fourth-order valence-electron chi connectivity index (χ4n) is 4.84. The minimum atomic E-state index is -0.667. The maximum atomic E-state index is 13.1. The van der Waals surface area contributed by atoms with Gasteiger partial charge in [-0.25, -0.2) is 0 Å². The van der Waals surface area contributed by atoms with Crippen LogP contribution in [0.25, 0.3) is 11.7 Å². The van der Waals surface area contributed by atoms with Gasteiger partial charge in [-0.2, -0.15) is 9.61 Å². The van der Waals surface area contributed by atoms with Crippen LogP contribution in [-0.4, -0.2) is 54.6 Å². The number of amides is 2. The number of hydrogen-bond acceptors (Lipinski definition) is 5. The third kappa shape index (κ3) is 4.16. The summed E-state index contributed by atoms with van der Waals surface area (Å²) in [6, 6.07) is 0.388. The molecule has 0 aromatic carbocycles. The van der Waals surface area contributed by atoms with Crippen molar-refractivity contribution >= 4 is 23.5 Å². The second kappa shape index (κ2) is 8.35. The lowest BCUT2D eigenvalue weighted by molar-refractivity contribution is -0.127. The molecule has 2 aromatic heterocycles. The molecule has 1 unspecified atom stereocenters. The van der Waals surface area contributed by atoms with Gasteiger partial charge in [0.15, 0.2) is 5.56 Å². The van der Waals surface area contributed by atoms with Gasteiger partial charge in [0.2, 0.25) is 11.8 Å². The number of carbonyl (C=O) groups excluding carboxylic acids is 2. The lowest BCUT2D eigenvalue weighted by Crippen LogP contribution is -2.35. The van der Waals surface area contributed by atoms with E-state index in [0.717, 1.165) is 36.7 Å². The van der Waals surface area contributed by atoms with Crippen molar-refractivity contribution in [1.29, 1.82) is 0 Å². The summed E-state index contributed by atoms with van der Waals surface area (Å²) in [6.07, 6.45) is 10.9. The summed E-state index contributed by atoms with van der Waals surface area (Å²) in [5.74, 6) is -0.211. The molecule has 0 bridgehead atoms. The summed E-state index contributed by atoms with van der Waals surface area (Å²) >= 11 is 0. The Hall–Kier alpha value is -3.10. The highest BCUT2D eigenvalue weighted by Crippen LogP contribution is 2.40. The zero-order valence-electron chi connectivity index (χ0n) is 19.2. The standard InChI is InChI=1S/C24H31N5O4/c1-14(2)13-28-22-16(7-10-19(30)27-11-3-4-18(27)15-5-6-15)12-25-29(22)24(33)20(23(28)32)21(31)26-17-8-9-17/h7,10,12,14-15,17-18,32H,3-6,8-9,11,13H2,1-2H3,(H,26,31). The van der Waals surface area contributed by atoms with E-state index in [2.05, 4.69) is 10.4 Å². The Morgan fingerprint density at radius 3 is 2.67 bits per heavy atom. The van der Waals surface area contributed by atoms with Crippen LogP contribution in [0.5, 0.6) is 5.88 Å². The molecule has 2 amide bonds. The number of fused-ring (bicyclic) bond motifs is 1. The van der Waals surface area contributed by atoms with Crippen LogP contribution in [0.4, 0.5) is 0 Å². The van der Waals surface area contributed by atoms with Gasteiger partial charge in [0, 0.05) is 36.8 Å². The maximum Gasteiger partial charge on any atom is 0.291 e. The molecule has 1 aliphatic heterocycles. The first-order valence-electron chi connectivity index (χ1n) is 12.0. The molecule has 2 aliphatic carbocycles. The predicted octanol–water partition coefficient (Wildman–Crippen LogP) is 2.16. The Labute approximate surface area is 192 Å². The molecule has 0 radical (unpaired) electrons. The lowest BCUT2D eigenvalue weighted by Gasteiger charge is -2.23. The van der Waals surface area contributed by atoms with Crippen molar-refractivity contribution < 1.29 is 14.7 Å². The SMILES string of the molecule is CC(C)Cn1c(O)c(C(=O)NC2CC2)c(=O)n2ncc(C=CC(=O)N3CCCC3C3CC3)c12. The van der Waals surface area contributed by atoms with Crippen LogP contribution in [-0.2, 0) is 11.3 Å². The fourth-order valence-corrected chi connectivity index (χ4v) is 4.84. The van der Waals surface area contributed by atoms with Gasteiger partial charge in [-0.1, -0.05) is 13.8 Å². The second-order valence-corrected chi connectivity index (χ2v) is 10.0. The van der Waals surface area contributed by atoms with Crippen molar-refractivity contribution in [2.75, 3.05) is 6.54 Å². The number of nitrogens with zero attached hydrogens (tertiary/aromatic N) is 4. The number of aromatic hydroxyl groups is 1. The molecule has 176 valence electrons. The first-order chi connectivity index (χ1) is 15.8.